The summed E-state index contributed by atoms with van der Waals surface area (Å²) in [7, 11) is -3.12. The van der Waals surface area contributed by atoms with Crippen LogP contribution in [0, 0.1) is 12.3 Å². The molecule has 0 aromatic rings. The monoisotopic (exact) mass is 161 g/mol. The minimum atomic E-state index is -3.12. The molecule has 1 N–H and O–H groups in total. The van der Waals surface area contributed by atoms with E-state index in [4.69, 9.17) is 6.42 Å². The number of hydrogen-bond acceptors (Lipinski definition) is 2. The second kappa shape index (κ2) is 3.59. The van der Waals surface area contributed by atoms with E-state index in [1.165, 1.54) is 0 Å². The Morgan fingerprint density at radius 2 is 2.20 bits per heavy atom. The van der Waals surface area contributed by atoms with Gasteiger partial charge < -0.3 is 0 Å². The van der Waals surface area contributed by atoms with Crippen LogP contribution in [0.4, 0.5) is 0 Å². The molecule has 3 nitrogen and oxygen atoms in total. The lowest BCUT2D eigenvalue weighted by Gasteiger charge is -2.05. The predicted molar refractivity (Wildman–Crippen MR) is 40.9 cm³/mol. The number of terminal acetylenes is 1. The summed E-state index contributed by atoms with van der Waals surface area (Å²) in [6.45, 7) is 3.18. The van der Waals surface area contributed by atoms with E-state index < -0.39 is 16.1 Å². The van der Waals surface area contributed by atoms with E-state index in [0.29, 0.717) is 0 Å². The molecule has 0 rings (SSSR count). The molecule has 58 valence electrons. The van der Waals surface area contributed by atoms with Crippen LogP contribution >= 0.6 is 0 Å². The molecule has 0 aromatic heterocycles. The van der Waals surface area contributed by atoms with Crippen molar-refractivity contribution in [2.45, 2.75) is 19.9 Å². The van der Waals surface area contributed by atoms with Gasteiger partial charge in [0.15, 0.2) is 0 Å². The molecule has 0 amide bonds. The SMILES string of the molecule is C#CC(C)NS(=O)(=O)CC. The average molecular weight is 161 g/mol. The zero-order valence-corrected chi connectivity index (χ0v) is 6.90. The second-order valence-electron chi connectivity index (χ2n) is 1.91. The van der Waals surface area contributed by atoms with Crippen molar-refractivity contribution in [1.82, 2.24) is 4.72 Å². The van der Waals surface area contributed by atoms with Gasteiger partial charge in [-0.3, -0.25) is 0 Å². The van der Waals surface area contributed by atoms with Crippen LogP contribution in [0.3, 0.4) is 0 Å². The Labute approximate surface area is 61.9 Å². The van der Waals surface area contributed by atoms with Crippen LogP contribution in [-0.2, 0) is 10.0 Å². The molecule has 10 heavy (non-hydrogen) atoms. The first kappa shape index (κ1) is 9.47. The maximum Gasteiger partial charge on any atom is 0.212 e. The third kappa shape index (κ3) is 3.49. The van der Waals surface area contributed by atoms with E-state index in [1.807, 2.05) is 0 Å². The van der Waals surface area contributed by atoms with Crippen molar-refractivity contribution < 1.29 is 8.42 Å². The highest BCUT2D eigenvalue weighted by Crippen LogP contribution is 1.85. The molecule has 0 bridgehead atoms. The Hall–Kier alpha value is -0.530. The van der Waals surface area contributed by atoms with E-state index >= 15 is 0 Å². The van der Waals surface area contributed by atoms with Gasteiger partial charge in [0.1, 0.15) is 0 Å². The van der Waals surface area contributed by atoms with E-state index in [2.05, 4.69) is 10.6 Å². The van der Waals surface area contributed by atoms with Gasteiger partial charge in [0.05, 0.1) is 11.8 Å². The van der Waals surface area contributed by atoms with Crippen molar-refractivity contribution in [1.29, 1.82) is 0 Å². The smallest absolute Gasteiger partial charge is 0.212 e. The summed E-state index contributed by atoms with van der Waals surface area (Å²) in [5.41, 5.74) is 0. The molecule has 0 saturated carbocycles. The number of hydrogen-bond donors (Lipinski definition) is 1. The van der Waals surface area contributed by atoms with Crippen molar-refractivity contribution in [2.75, 3.05) is 5.75 Å². The Morgan fingerprint density at radius 3 is 2.50 bits per heavy atom. The maximum atomic E-state index is 10.8. The number of sulfonamides is 1. The fourth-order valence-corrected chi connectivity index (χ4v) is 1.16. The largest absolute Gasteiger partial charge is 0.212 e. The third-order valence-corrected chi connectivity index (χ3v) is 2.46. The van der Waals surface area contributed by atoms with Crippen LogP contribution in [0.15, 0.2) is 0 Å². The first-order valence-corrected chi connectivity index (χ1v) is 4.63. The molecule has 0 fully saturated rings. The highest BCUT2D eigenvalue weighted by atomic mass is 32.2. The highest BCUT2D eigenvalue weighted by Gasteiger charge is 2.08. The minimum Gasteiger partial charge on any atom is -0.212 e. The lowest BCUT2D eigenvalue weighted by molar-refractivity contribution is 0.579. The third-order valence-electron chi connectivity index (χ3n) is 0.986. The number of nitrogens with one attached hydrogen (secondary N) is 1. The van der Waals surface area contributed by atoms with Gasteiger partial charge in [0.2, 0.25) is 10.0 Å². The van der Waals surface area contributed by atoms with Gasteiger partial charge in [-0.1, -0.05) is 5.92 Å². The zero-order chi connectivity index (χ0) is 8.20. The van der Waals surface area contributed by atoms with E-state index in [0.717, 1.165) is 0 Å². The van der Waals surface area contributed by atoms with E-state index in [-0.39, 0.29) is 5.75 Å². The molecular formula is C6H11NO2S. The summed E-state index contributed by atoms with van der Waals surface area (Å²) >= 11 is 0. The van der Waals surface area contributed by atoms with Crippen molar-refractivity contribution in [3.8, 4) is 12.3 Å². The van der Waals surface area contributed by atoms with E-state index in [1.54, 1.807) is 13.8 Å². The Morgan fingerprint density at radius 1 is 1.70 bits per heavy atom. The Kier molecular flexibility index (Phi) is 3.40. The fraction of sp³-hybridized carbons (Fsp3) is 0.667. The van der Waals surface area contributed by atoms with Crippen LogP contribution in [0.5, 0.6) is 0 Å². The molecule has 0 aliphatic heterocycles. The molecule has 0 radical (unpaired) electrons. The van der Waals surface area contributed by atoms with Crippen LogP contribution < -0.4 is 4.72 Å². The highest BCUT2D eigenvalue weighted by molar-refractivity contribution is 7.89. The van der Waals surface area contributed by atoms with Crippen molar-refractivity contribution in [3.05, 3.63) is 0 Å². The standard InChI is InChI=1S/C6H11NO2S/c1-4-6(3)7-10(8,9)5-2/h1,6-7H,5H2,2-3H3. The van der Waals surface area contributed by atoms with Gasteiger partial charge in [-0.25, -0.2) is 13.1 Å². The average Bonchev–Trinajstić information content (AvgIpc) is 1.87. The van der Waals surface area contributed by atoms with Crippen LogP contribution in [-0.4, -0.2) is 20.2 Å². The molecular weight excluding hydrogens is 150 g/mol. The van der Waals surface area contributed by atoms with Crippen LogP contribution in [0.25, 0.3) is 0 Å². The summed E-state index contributed by atoms with van der Waals surface area (Å²) in [4.78, 5) is 0. The summed E-state index contributed by atoms with van der Waals surface area (Å²) in [5.74, 6) is 2.33. The van der Waals surface area contributed by atoms with Crippen molar-refractivity contribution >= 4 is 10.0 Å². The normalized spacial score (nSPS) is 14.1. The van der Waals surface area contributed by atoms with Crippen LogP contribution in [0.1, 0.15) is 13.8 Å². The molecule has 0 aliphatic rings. The molecule has 0 aliphatic carbocycles. The van der Waals surface area contributed by atoms with Gasteiger partial charge in [-0.05, 0) is 13.8 Å². The summed E-state index contributed by atoms with van der Waals surface area (Å²) in [5, 5.41) is 0. The molecule has 1 unspecified atom stereocenters. The summed E-state index contributed by atoms with van der Waals surface area (Å²) < 4.78 is 23.8. The summed E-state index contributed by atoms with van der Waals surface area (Å²) in [6.07, 6.45) is 4.96. The van der Waals surface area contributed by atoms with Gasteiger partial charge in [0.25, 0.3) is 0 Å². The Bertz CT molecular complexity index is 225. The second-order valence-corrected chi connectivity index (χ2v) is 3.95. The van der Waals surface area contributed by atoms with Gasteiger partial charge in [0, 0.05) is 0 Å². The first-order chi connectivity index (χ1) is 4.52. The zero-order valence-electron chi connectivity index (χ0n) is 6.09. The number of rotatable bonds is 3. The van der Waals surface area contributed by atoms with Gasteiger partial charge in [-0.2, -0.15) is 0 Å². The lowest BCUT2D eigenvalue weighted by atomic mass is 10.4. The molecule has 0 heterocycles. The fourth-order valence-electron chi connectivity index (χ4n) is 0.387. The molecule has 0 spiro atoms. The van der Waals surface area contributed by atoms with Gasteiger partial charge in [-0.15, -0.1) is 6.42 Å². The van der Waals surface area contributed by atoms with Gasteiger partial charge >= 0.3 is 0 Å². The maximum absolute atomic E-state index is 10.8. The minimum absolute atomic E-state index is 0.0685. The predicted octanol–water partition coefficient (Wildman–Crippen LogP) is -0.0526. The van der Waals surface area contributed by atoms with Crippen LogP contribution in [0.2, 0.25) is 0 Å². The quantitative estimate of drug-likeness (QED) is 0.590. The molecule has 1 atom stereocenters. The lowest BCUT2D eigenvalue weighted by Crippen LogP contribution is -2.32. The topological polar surface area (TPSA) is 46.2 Å². The van der Waals surface area contributed by atoms with Crippen molar-refractivity contribution in [2.24, 2.45) is 0 Å². The first-order valence-electron chi connectivity index (χ1n) is 2.98. The van der Waals surface area contributed by atoms with E-state index in [9.17, 15) is 8.42 Å². The van der Waals surface area contributed by atoms with Crippen molar-refractivity contribution in [3.63, 3.8) is 0 Å². The Balaban J connectivity index is 4.06. The molecule has 0 aromatic carbocycles. The molecule has 4 heteroatoms. The summed E-state index contributed by atoms with van der Waals surface area (Å²) in [6, 6.07) is -0.412. The molecule has 0 saturated heterocycles.